The second-order valence-electron chi connectivity index (χ2n) is 3.79. The molecular weight excluding hydrogens is 312 g/mol. The molecule has 19 heavy (non-hydrogen) atoms. The zero-order valence-corrected chi connectivity index (χ0v) is 12.3. The highest BCUT2D eigenvalue weighted by Gasteiger charge is 2.22. The van der Waals surface area contributed by atoms with E-state index in [1.807, 2.05) is 17.7 Å². The Hall–Kier alpha value is -1.51. The number of nitrogens with zero attached hydrogens (tertiary/aromatic N) is 4. The number of nitrogens with one attached hydrogen (secondary N) is 1. The van der Waals surface area contributed by atoms with Crippen LogP contribution in [0.3, 0.4) is 0 Å². The summed E-state index contributed by atoms with van der Waals surface area (Å²) in [5.41, 5.74) is 4.34. The second-order valence-corrected chi connectivity index (χ2v) is 4.65. The number of hydrogen-bond acceptors (Lipinski definition) is 6. The van der Waals surface area contributed by atoms with Gasteiger partial charge in [0.25, 0.3) is 0 Å². The van der Waals surface area contributed by atoms with E-state index in [1.54, 1.807) is 19.4 Å². The molecule has 0 fully saturated rings. The highest BCUT2D eigenvalue weighted by Crippen LogP contribution is 2.27. The Morgan fingerprint density at radius 1 is 1.47 bits per heavy atom. The van der Waals surface area contributed by atoms with Gasteiger partial charge in [-0.1, -0.05) is 0 Å². The molecule has 2 aromatic rings. The van der Waals surface area contributed by atoms with E-state index in [0.717, 1.165) is 16.7 Å². The minimum atomic E-state index is -0.296. The van der Waals surface area contributed by atoms with Crippen molar-refractivity contribution in [1.82, 2.24) is 25.4 Å². The van der Waals surface area contributed by atoms with E-state index in [1.165, 1.54) is 0 Å². The molecule has 1 unspecified atom stereocenters. The van der Waals surface area contributed by atoms with E-state index in [4.69, 9.17) is 10.6 Å². The molecule has 0 amide bonds. The third-order valence-electron chi connectivity index (χ3n) is 2.74. The lowest BCUT2D eigenvalue weighted by Crippen LogP contribution is -2.31. The summed E-state index contributed by atoms with van der Waals surface area (Å²) in [4.78, 5) is 0. The number of nitrogens with two attached hydrogens (primary N) is 1. The highest BCUT2D eigenvalue weighted by molar-refractivity contribution is 9.10. The fourth-order valence-corrected chi connectivity index (χ4v) is 2.33. The smallest absolute Gasteiger partial charge is 0.233 e. The first-order valence-corrected chi connectivity index (χ1v) is 6.55. The molecule has 2 rings (SSSR count). The maximum absolute atomic E-state index is 5.65. The molecule has 0 aliphatic heterocycles. The van der Waals surface area contributed by atoms with Crippen molar-refractivity contribution in [2.24, 2.45) is 5.84 Å². The molecule has 0 spiro atoms. The van der Waals surface area contributed by atoms with E-state index in [0.29, 0.717) is 11.6 Å². The molecule has 0 radical (unpaired) electrons. The molecule has 0 aliphatic carbocycles. The standard InChI is InChI=1S/C11H15BrN6O/c1-3-18-11(7(12)6-14-18)10(15-13)8-4-5-9(19-2)17-16-8/h4-6,10,15H,3,13H2,1-2H3. The Balaban J connectivity index is 2.40. The fourth-order valence-electron chi connectivity index (χ4n) is 1.81. The van der Waals surface area contributed by atoms with Gasteiger partial charge in [0, 0.05) is 12.6 Å². The predicted molar refractivity (Wildman–Crippen MR) is 73.4 cm³/mol. The Morgan fingerprint density at radius 3 is 2.79 bits per heavy atom. The van der Waals surface area contributed by atoms with Crippen LogP contribution < -0.4 is 16.0 Å². The molecule has 1 atom stereocenters. The normalized spacial score (nSPS) is 12.4. The van der Waals surface area contributed by atoms with Gasteiger partial charge in [-0.3, -0.25) is 10.5 Å². The van der Waals surface area contributed by atoms with E-state index < -0.39 is 0 Å². The van der Waals surface area contributed by atoms with E-state index in [-0.39, 0.29) is 6.04 Å². The molecule has 0 aliphatic rings. The predicted octanol–water partition coefficient (Wildman–Crippen LogP) is 1.02. The third-order valence-corrected chi connectivity index (χ3v) is 3.35. The van der Waals surface area contributed by atoms with Crippen molar-refractivity contribution < 1.29 is 4.74 Å². The van der Waals surface area contributed by atoms with Crippen molar-refractivity contribution in [2.45, 2.75) is 19.5 Å². The highest BCUT2D eigenvalue weighted by atomic mass is 79.9. The fraction of sp³-hybridized carbons (Fsp3) is 0.364. The van der Waals surface area contributed by atoms with Crippen LogP contribution >= 0.6 is 15.9 Å². The molecule has 102 valence electrons. The quantitative estimate of drug-likeness (QED) is 0.629. The molecule has 0 bridgehead atoms. The molecule has 2 heterocycles. The van der Waals surface area contributed by atoms with Crippen LogP contribution in [0.25, 0.3) is 0 Å². The summed E-state index contributed by atoms with van der Waals surface area (Å²) in [6.45, 7) is 2.75. The van der Waals surface area contributed by atoms with Crippen molar-refractivity contribution in [2.75, 3.05) is 7.11 Å². The Labute approximate surface area is 119 Å². The molecule has 3 N–H and O–H groups in total. The first kappa shape index (κ1) is 13.9. The number of aromatic nitrogens is 4. The molecule has 0 aromatic carbocycles. The van der Waals surface area contributed by atoms with Crippen molar-refractivity contribution in [3.8, 4) is 5.88 Å². The van der Waals surface area contributed by atoms with Gasteiger partial charge in [-0.2, -0.15) is 5.10 Å². The van der Waals surface area contributed by atoms with Crippen LogP contribution in [-0.4, -0.2) is 27.1 Å². The Bertz CT molecular complexity index is 541. The maximum atomic E-state index is 5.65. The monoisotopic (exact) mass is 326 g/mol. The lowest BCUT2D eigenvalue weighted by molar-refractivity contribution is 0.389. The largest absolute Gasteiger partial charge is 0.480 e. The number of aryl methyl sites for hydroxylation is 1. The number of hydrogen-bond donors (Lipinski definition) is 2. The van der Waals surface area contributed by atoms with Gasteiger partial charge < -0.3 is 4.74 Å². The van der Waals surface area contributed by atoms with Gasteiger partial charge >= 0.3 is 0 Å². The second kappa shape index (κ2) is 6.09. The van der Waals surface area contributed by atoms with Crippen LogP contribution in [0, 0.1) is 0 Å². The lowest BCUT2D eigenvalue weighted by atomic mass is 10.1. The van der Waals surface area contributed by atoms with Crippen molar-refractivity contribution in [3.05, 3.63) is 34.2 Å². The minimum Gasteiger partial charge on any atom is -0.480 e. The summed E-state index contributed by atoms with van der Waals surface area (Å²) in [5, 5.41) is 12.3. The van der Waals surface area contributed by atoms with Gasteiger partial charge in [-0.15, -0.1) is 10.2 Å². The maximum Gasteiger partial charge on any atom is 0.233 e. The van der Waals surface area contributed by atoms with Crippen LogP contribution in [0.2, 0.25) is 0 Å². The van der Waals surface area contributed by atoms with E-state index in [9.17, 15) is 0 Å². The summed E-state index contributed by atoms with van der Waals surface area (Å²) in [6, 6.07) is 3.26. The Morgan fingerprint density at radius 2 is 2.26 bits per heavy atom. The topological polar surface area (TPSA) is 90.9 Å². The molecule has 8 heteroatoms. The average Bonchev–Trinajstić information content (AvgIpc) is 2.82. The summed E-state index contributed by atoms with van der Waals surface area (Å²) in [5.74, 6) is 6.11. The van der Waals surface area contributed by atoms with Gasteiger partial charge in [0.15, 0.2) is 0 Å². The minimum absolute atomic E-state index is 0.296. The number of methoxy groups -OCH3 is 1. The van der Waals surface area contributed by atoms with Gasteiger partial charge in [0.2, 0.25) is 5.88 Å². The lowest BCUT2D eigenvalue weighted by Gasteiger charge is -2.17. The molecular formula is C11H15BrN6O. The first-order chi connectivity index (χ1) is 9.21. The number of halogens is 1. The summed E-state index contributed by atoms with van der Waals surface area (Å²) in [7, 11) is 1.55. The zero-order valence-electron chi connectivity index (χ0n) is 10.7. The van der Waals surface area contributed by atoms with Gasteiger partial charge in [-0.05, 0) is 28.9 Å². The summed E-state index contributed by atoms with van der Waals surface area (Å²) >= 11 is 3.47. The summed E-state index contributed by atoms with van der Waals surface area (Å²) < 4.78 is 7.71. The van der Waals surface area contributed by atoms with Crippen molar-refractivity contribution >= 4 is 15.9 Å². The van der Waals surface area contributed by atoms with Gasteiger partial charge in [0.1, 0.15) is 6.04 Å². The van der Waals surface area contributed by atoms with Crippen LogP contribution in [0.5, 0.6) is 5.88 Å². The van der Waals surface area contributed by atoms with E-state index in [2.05, 4.69) is 36.7 Å². The van der Waals surface area contributed by atoms with Gasteiger partial charge in [0.05, 0.1) is 29.2 Å². The number of hydrazine groups is 1. The van der Waals surface area contributed by atoms with Crippen LogP contribution in [0.4, 0.5) is 0 Å². The number of ether oxygens (including phenoxy) is 1. The summed E-state index contributed by atoms with van der Waals surface area (Å²) in [6.07, 6.45) is 1.74. The Kier molecular flexibility index (Phi) is 4.46. The average molecular weight is 327 g/mol. The van der Waals surface area contributed by atoms with Gasteiger partial charge in [-0.25, -0.2) is 5.43 Å². The van der Waals surface area contributed by atoms with Crippen LogP contribution in [-0.2, 0) is 6.54 Å². The molecule has 2 aromatic heterocycles. The van der Waals surface area contributed by atoms with Crippen LogP contribution in [0.15, 0.2) is 22.8 Å². The zero-order chi connectivity index (χ0) is 13.8. The SMILES string of the molecule is CCn1ncc(Br)c1C(NN)c1ccc(OC)nn1. The molecule has 0 saturated heterocycles. The van der Waals surface area contributed by atoms with Crippen LogP contribution in [0.1, 0.15) is 24.4 Å². The molecule has 7 nitrogen and oxygen atoms in total. The molecule has 0 saturated carbocycles. The van der Waals surface area contributed by atoms with Crippen molar-refractivity contribution in [3.63, 3.8) is 0 Å². The first-order valence-electron chi connectivity index (χ1n) is 5.76. The van der Waals surface area contributed by atoms with E-state index >= 15 is 0 Å². The number of rotatable bonds is 5. The van der Waals surface area contributed by atoms with Crippen molar-refractivity contribution in [1.29, 1.82) is 0 Å². The third kappa shape index (κ3) is 2.75.